The highest BCUT2D eigenvalue weighted by Gasteiger charge is 2.30. The van der Waals surface area contributed by atoms with Crippen molar-refractivity contribution in [1.82, 2.24) is 5.32 Å². The van der Waals surface area contributed by atoms with Gasteiger partial charge < -0.3 is 5.32 Å². The van der Waals surface area contributed by atoms with Crippen LogP contribution in [0.15, 0.2) is 18.2 Å². The van der Waals surface area contributed by atoms with Gasteiger partial charge in [-0.3, -0.25) is 0 Å². The third kappa shape index (κ3) is 3.32. The van der Waals surface area contributed by atoms with E-state index in [0.717, 1.165) is 18.4 Å². The maximum absolute atomic E-state index is 3.49. The normalized spacial score (nSPS) is 23.5. The third-order valence-electron chi connectivity index (χ3n) is 4.01. The molecule has 0 bridgehead atoms. The minimum atomic E-state index is 0.912. The molecule has 1 heteroatoms. The Hall–Kier alpha value is -0.820. The Balaban J connectivity index is 1.92. The Morgan fingerprint density at radius 2 is 1.71 bits per heavy atom. The van der Waals surface area contributed by atoms with Crippen molar-refractivity contribution in [1.29, 1.82) is 0 Å². The zero-order valence-electron chi connectivity index (χ0n) is 11.4. The first-order chi connectivity index (χ1) is 8.19. The smallest absolute Gasteiger partial charge is 0.00179 e. The summed E-state index contributed by atoms with van der Waals surface area (Å²) in [6.07, 6.45) is 4.12. The molecule has 1 aliphatic carbocycles. The van der Waals surface area contributed by atoms with Crippen molar-refractivity contribution in [2.45, 2.75) is 40.0 Å². The topological polar surface area (TPSA) is 12.0 Å². The molecule has 2 unspecified atom stereocenters. The molecule has 0 aliphatic heterocycles. The molecule has 2 rings (SSSR count). The predicted molar refractivity (Wildman–Crippen MR) is 74.4 cm³/mol. The van der Waals surface area contributed by atoms with Crippen molar-refractivity contribution in [3.05, 3.63) is 34.9 Å². The molecule has 0 aromatic heterocycles. The van der Waals surface area contributed by atoms with Gasteiger partial charge in [-0.05, 0) is 63.6 Å². The van der Waals surface area contributed by atoms with Gasteiger partial charge in [0.25, 0.3) is 0 Å². The largest absolute Gasteiger partial charge is 0.317 e. The molecule has 1 aromatic carbocycles. The fourth-order valence-electron chi connectivity index (χ4n) is 2.99. The number of aryl methyl sites for hydroxylation is 2. The Morgan fingerprint density at radius 1 is 1.06 bits per heavy atom. The summed E-state index contributed by atoms with van der Waals surface area (Å²) in [5.74, 6) is 1.83. The molecule has 1 aromatic rings. The van der Waals surface area contributed by atoms with Gasteiger partial charge in [-0.15, -0.1) is 0 Å². The molecular weight excluding hydrogens is 206 g/mol. The van der Waals surface area contributed by atoms with E-state index in [4.69, 9.17) is 0 Å². The summed E-state index contributed by atoms with van der Waals surface area (Å²) < 4.78 is 0. The lowest BCUT2D eigenvalue weighted by molar-refractivity contribution is 0.172. The van der Waals surface area contributed by atoms with Crippen LogP contribution in [0, 0.1) is 25.7 Å². The van der Waals surface area contributed by atoms with Crippen molar-refractivity contribution in [2.24, 2.45) is 11.8 Å². The van der Waals surface area contributed by atoms with Crippen LogP contribution in [0.2, 0.25) is 0 Å². The predicted octanol–water partition coefficient (Wildman–Crippen LogP) is 3.48. The van der Waals surface area contributed by atoms with Gasteiger partial charge in [0.05, 0.1) is 0 Å². The van der Waals surface area contributed by atoms with Crippen molar-refractivity contribution in [2.75, 3.05) is 13.1 Å². The monoisotopic (exact) mass is 231 g/mol. The van der Waals surface area contributed by atoms with E-state index in [1.54, 1.807) is 0 Å². The standard InChI is InChI=1S/C16H25N/c1-4-17-11-16-6-5-15(16)10-14-8-12(2)7-13(3)9-14/h7-9,15-17H,4-6,10-11H2,1-3H3. The Kier molecular flexibility index (Phi) is 4.22. The maximum Gasteiger partial charge on any atom is -0.00179 e. The van der Waals surface area contributed by atoms with E-state index in [2.05, 4.69) is 44.3 Å². The summed E-state index contributed by atoms with van der Waals surface area (Å²) in [5, 5.41) is 3.49. The zero-order valence-corrected chi connectivity index (χ0v) is 11.4. The van der Waals surface area contributed by atoms with Gasteiger partial charge >= 0.3 is 0 Å². The minimum absolute atomic E-state index is 0.912. The lowest BCUT2D eigenvalue weighted by Gasteiger charge is -2.37. The van der Waals surface area contributed by atoms with E-state index in [0.29, 0.717) is 0 Å². The van der Waals surface area contributed by atoms with Crippen LogP contribution in [-0.4, -0.2) is 13.1 Å². The summed E-state index contributed by atoms with van der Waals surface area (Å²) in [6, 6.07) is 6.98. The molecule has 0 saturated heterocycles. The molecule has 1 fully saturated rings. The average molecular weight is 231 g/mol. The van der Waals surface area contributed by atoms with Crippen LogP contribution in [0.5, 0.6) is 0 Å². The van der Waals surface area contributed by atoms with E-state index in [9.17, 15) is 0 Å². The fourth-order valence-corrected chi connectivity index (χ4v) is 2.99. The van der Waals surface area contributed by atoms with Gasteiger partial charge in [0.1, 0.15) is 0 Å². The van der Waals surface area contributed by atoms with Crippen molar-refractivity contribution >= 4 is 0 Å². The molecule has 1 aliphatic rings. The number of hydrogen-bond acceptors (Lipinski definition) is 1. The molecule has 0 heterocycles. The average Bonchev–Trinajstić information content (AvgIpc) is 2.24. The maximum atomic E-state index is 3.49. The van der Waals surface area contributed by atoms with Crippen molar-refractivity contribution < 1.29 is 0 Å². The Bertz CT molecular complexity index is 350. The zero-order chi connectivity index (χ0) is 12.3. The molecule has 0 spiro atoms. The first kappa shape index (κ1) is 12.6. The molecule has 1 N–H and O–H groups in total. The highest BCUT2D eigenvalue weighted by molar-refractivity contribution is 5.29. The van der Waals surface area contributed by atoms with Crippen LogP contribution in [0.4, 0.5) is 0 Å². The van der Waals surface area contributed by atoms with E-state index >= 15 is 0 Å². The van der Waals surface area contributed by atoms with E-state index in [-0.39, 0.29) is 0 Å². The van der Waals surface area contributed by atoms with Gasteiger partial charge in [-0.25, -0.2) is 0 Å². The molecule has 1 nitrogen and oxygen atoms in total. The summed E-state index contributed by atoms with van der Waals surface area (Å²) in [6.45, 7) is 8.91. The lowest BCUT2D eigenvalue weighted by atomic mass is 9.70. The van der Waals surface area contributed by atoms with Crippen LogP contribution in [0.25, 0.3) is 0 Å². The Morgan fingerprint density at radius 3 is 2.24 bits per heavy atom. The second kappa shape index (κ2) is 5.68. The SMILES string of the molecule is CCNCC1CCC1Cc1cc(C)cc(C)c1. The van der Waals surface area contributed by atoms with Gasteiger partial charge in [0.15, 0.2) is 0 Å². The minimum Gasteiger partial charge on any atom is -0.317 e. The van der Waals surface area contributed by atoms with Crippen LogP contribution < -0.4 is 5.32 Å². The van der Waals surface area contributed by atoms with Crippen LogP contribution in [0.3, 0.4) is 0 Å². The molecular formula is C16H25N. The molecule has 0 amide bonds. The van der Waals surface area contributed by atoms with Gasteiger partial charge in [-0.2, -0.15) is 0 Å². The van der Waals surface area contributed by atoms with Crippen molar-refractivity contribution in [3.63, 3.8) is 0 Å². The first-order valence-electron chi connectivity index (χ1n) is 6.97. The molecule has 0 radical (unpaired) electrons. The third-order valence-corrected chi connectivity index (χ3v) is 4.01. The van der Waals surface area contributed by atoms with E-state index in [1.165, 1.54) is 42.5 Å². The highest BCUT2D eigenvalue weighted by Crippen LogP contribution is 2.36. The van der Waals surface area contributed by atoms with Crippen LogP contribution in [-0.2, 0) is 6.42 Å². The van der Waals surface area contributed by atoms with Crippen LogP contribution in [0.1, 0.15) is 36.5 Å². The fraction of sp³-hybridized carbons (Fsp3) is 0.625. The summed E-state index contributed by atoms with van der Waals surface area (Å²) in [5.41, 5.74) is 4.35. The molecule has 1 saturated carbocycles. The summed E-state index contributed by atoms with van der Waals surface area (Å²) in [7, 11) is 0. The summed E-state index contributed by atoms with van der Waals surface area (Å²) in [4.78, 5) is 0. The first-order valence-corrected chi connectivity index (χ1v) is 6.97. The second-order valence-corrected chi connectivity index (χ2v) is 5.61. The quantitative estimate of drug-likeness (QED) is 0.818. The molecule has 94 valence electrons. The molecule has 2 atom stereocenters. The van der Waals surface area contributed by atoms with Crippen LogP contribution >= 0.6 is 0 Å². The highest BCUT2D eigenvalue weighted by atomic mass is 14.9. The van der Waals surface area contributed by atoms with Gasteiger partial charge in [0, 0.05) is 0 Å². The number of rotatable bonds is 5. The van der Waals surface area contributed by atoms with Gasteiger partial charge in [-0.1, -0.05) is 36.2 Å². The number of hydrogen-bond donors (Lipinski definition) is 1. The lowest BCUT2D eigenvalue weighted by Crippen LogP contribution is -2.36. The molecule has 17 heavy (non-hydrogen) atoms. The Labute approximate surface area is 106 Å². The summed E-state index contributed by atoms with van der Waals surface area (Å²) >= 11 is 0. The number of benzene rings is 1. The number of nitrogens with one attached hydrogen (secondary N) is 1. The van der Waals surface area contributed by atoms with E-state index in [1.807, 2.05) is 0 Å². The second-order valence-electron chi connectivity index (χ2n) is 5.61. The van der Waals surface area contributed by atoms with Crippen molar-refractivity contribution in [3.8, 4) is 0 Å². The van der Waals surface area contributed by atoms with E-state index < -0.39 is 0 Å². The van der Waals surface area contributed by atoms with Gasteiger partial charge in [0.2, 0.25) is 0 Å².